The van der Waals surface area contributed by atoms with Crippen LogP contribution in [0.2, 0.25) is 0 Å². The molecule has 0 saturated heterocycles. The van der Waals surface area contributed by atoms with Crippen molar-refractivity contribution < 1.29 is 4.39 Å². The molecule has 0 atom stereocenters. The van der Waals surface area contributed by atoms with Crippen LogP contribution in [0.25, 0.3) is 5.69 Å². The fourth-order valence-corrected chi connectivity index (χ4v) is 2.17. The number of hydrogen-bond donors (Lipinski definition) is 1. The van der Waals surface area contributed by atoms with Crippen molar-refractivity contribution in [3.8, 4) is 5.69 Å². The van der Waals surface area contributed by atoms with Crippen molar-refractivity contribution in [1.29, 1.82) is 0 Å². The average Bonchev–Trinajstić information content (AvgIpc) is 2.58. The van der Waals surface area contributed by atoms with E-state index in [1.165, 1.54) is 12.1 Å². The summed E-state index contributed by atoms with van der Waals surface area (Å²) < 4.78 is 14.6. The number of nitrogens with one attached hydrogen (secondary N) is 1. The summed E-state index contributed by atoms with van der Waals surface area (Å²) in [5, 5.41) is 8.16. The number of para-hydroxylation sites is 1. The van der Waals surface area contributed by atoms with Gasteiger partial charge in [0.1, 0.15) is 5.82 Å². The lowest BCUT2D eigenvalue weighted by Gasteiger charge is -2.04. The predicted octanol–water partition coefficient (Wildman–Crippen LogP) is 3.31. The van der Waals surface area contributed by atoms with Crippen LogP contribution in [0.4, 0.5) is 10.1 Å². The molecule has 0 aliphatic carbocycles. The molecule has 1 heterocycles. The molecule has 0 saturated carbocycles. The lowest BCUT2D eigenvalue weighted by molar-refractivity contribution is 0.628. The van der Waals surface area contributed by atoms with Gasteiger partial charge in [-0.2, -0.15) is 5.10 Å². The molecule has 4 nitrogen and oxygen atoms in total. The van der Waals surface area contributed by atoms with Crippen molar-refractivity contribution in [2.24, 2.45) is 4.99 Å². The molecule has 0 amide bonds. The SMILES string of the molecule is Fc1ccc(NC(=S)N=c2ccn(-c3ccccc3)nc2)cc1. The fourth-order valence-electron chi connectivity index (χ4n) is 1.95. The smallest absolute Gasteiger partial charge is 0.197 e. The molecule has 6 heteroatoms. The quantitative estimate of drug-likeness (QED) is 0.736. The summed E-state index contributed by atoms with van der Waals surface area (Å²) in [6.45, 7) is 0. The van der Waals surface area contributed by atoms with Crippen molar-refractivity contribution >= 4 is 23.0 Å². The Morgan fingerprint density at radius 3 is 2.43 bits per heavy atom. The Labute approximate surface area is 137 Å². The molecule has 1 aromatic heterocycles. The van der Waals surface area contributed by atoms with Gasteiger partial charge in [-0.25, -0.2) is 14.1 Å². The third-order valence-electron chi connectivity index (χ3n) is 3.05. The highest BCUT2D eigenvalue weighted by Gasteiger charge is 1.97. The maximum Gasteiger partial charge on any atom is 0.197 e. The van der Waals surface area contributed by atoms with E-state index in [9.17, 15) is 4.39 Å². The largest absolute Gasteiger partial charge is 0.331 e. The zero-order valence-electron chi connectivity index (χ0n) is 12.1. The first-order valence-electron chi connectivity index (χ1n) is 6.92. The maximum absolute atomic E-state index is 12.9. The van der Waals surface area contributed by atoms with Gasteiger partial charge in [-0.05, 0) is 54.7 Å². The molecule has 0 fully saturated rings. The second-order valence-electron chi connectivity index (χ2n) is 4.71. The van der Waals surface area contributed by atoms with Gasteiger partial charge in [-0.15, -0.1) is 0 Å². The highest BCUT2D eigenvalue weighted by Crippen LogP contribution is 2.08. The number of thiocarbonyl (C=S) groups is 1. The molecule has 3 rings (SSSR count). The van der Waals surface area contributed by atoms with Crippen molar-refractivity contribution in [3.63, 3.8) is 0 Å². The molecule has 1 N–H and O–H groups in total. The molecule has 0 radical (unpaired) electrons. The topological polar surface area (TPSA) is 42.2 Å². The Kier molecular flexibility index (Phi) is 4.54. The minimum atomic E-state index is -0.295. The minimum Gasteiger partial charge on any atom is -0.331 e. The fraction of sp³-hybridized carbons (Fsp3) is 0. The molecule has 0 unspecified atom stereocenters. The normalized spacial score (nSPS) is 11.3. The molecule has 114 valence electrons. The van der Waals surface area contributed by atoms with E-state index in [0.29, 0.717) is 11.0 Å². The molecule has 0 spiro atoms. The van der Waals surface area contributed by atoms with E-state index in [1.807, 2.05) is 42.6 Å². The lowest BCUT2D eigenvalue weighted by Crippen LogP contribution is -2.14. The third kappa shape index (κ3) is 4.08. The Morgan fingerprint density at radius 2 is 1.78 bits per heavy atom. The monoisotopic (exact) mass is 324 g/mol. The lowest BCUT2D eigenvalue weighted by atomic mass is 10.3. The van der Waals surface area contributed by atoms with E-state index in [1.54, 1.807) is 23.0 Å². The minimum absolute atomic E-state index is 0.288. The number of rotatable bonds is 2. The van der Waals surface area contributed by atoms with E-state index < -0.39 is 0 Å². The molecule has 0 aliphatic rings. The standard InChI is InChI=1S/C17H13FN4S/c18-13-6-8-14(9-7-13)20-17(23)21-15-10-11-22(19-12-15)16-4-2-1-3-5-16/h1-12H,(H,20,23). The average molecular weight is 324 g/mol. The van der Waals surface area contributed by atoms with Gasteiger partial charge >= 0.3 is 0 Å². The van der Waals surface area contributed by atoms with Crippen LogP contribution in [-0.4, -0.2) is 14.9 Å². The number of benzene rings is 2. The summed E-state index contributed by atoms with van der Waals surface area (Å²) in [5.41, 5.74) is 1.65. The summed E-state index contributed by atoms with van der Waals surface area (Å²) in [5.74, 6) is -0.295. The van der Waals surface area contributed by atoms with Crippen LogP contribution < -0.4 is 10.7 Å². The third-order valence-corrected chi connectivity index (χ3v) is 3.24. The summed E-state index contributed by atoms with van der Waals surface area (Å²) >= 11 is 5.17. The van der Waals surface area contributed by atoms with Gasteiger partial charge in [0.05, 0.1) is 17.2 Å². The van der Waals surface area contributed by atoms with Gasteiger partial charge in [0.25, 0.3) is 0 Å². The number of halogens is 1. The van der Waals surface area contributed by atoms with Gasteiger partial charge in [0, 0.05) is 11.9 Å². The van der Waals surface area contributed by atoms with Crippen molar-refractivity contribution in [3.05, 3.63) is 84.2 Å². The predicted molar refractivity (Wildman–Crippen MR) is 91.7 cm³/mol. The van der Waals surface area contributed by atoms with Gasteiger partial charge in [0.15, 0.2) is 5.11 Å². The Balaban J connectivity index is 1.74. The van der Waals surface area contributed by atoms with Crippen LogP contribution in [0.15, 0.2) is 78.0 Å². The summed E-state index contributed by atoms with van der Waals surface area (Å²) in [7, 11) is 0. The van der Waals surface area contributed by atoms with Crippen LogP contribution in [0, 0.1) is 5.82 Å². The summed E-state index contributed by atoms with van der Waals surface area (Å²) in [6, 6.07) is 17.5. The van der Waals surface area contributed by atoms with Crippen LogP contribution >= 0.6 is 12.2 Å². The first-order chi connectivity index (χ1) is 11.2. The van der Waals surface area contributed by atoms with Gasteiger partial charge < -0.3 is 5.32 Å². The van der Waals surface area contributed by atoms with E-state index in [-0.39, 0.29) is 10.9 Å². The Bertz CT molecular complexity index is 853. The van der Waals surface area contributed by atoms with E-state index in [0.717, 1.165) is 5.69 Å². The number of aromatic nitrogens is 2. The van der Waals surface area contributed by atoms with Gasteiger partial charge in [-0.3, -0.25) is 0 Å². The Morgan fingerprint density at radius 1 is 1.04 bits per heavy atom. The number of anilines is 1. The summed E-state index contributed by atoms with van der Waals surface area (Å²) in [6.07, 6.45) is 3.44. The molecular formula is C17H13FN4S. The van der Waals surface area contributed by atoms with Gasteiger partial charge in [-0.1, -0.05) is 18.2 Å². The van der Waals surface area contributed by atoms with Crippen LogP contribution in [-0.2, 0) is 0 Å². The summed E-state index contributed by atoms with van der Waals surface area (Å²) in [4.78, 5) is 4.26. The molecule has 3 aromatic rings. The highest BCUT2D eigenvalue weighted by atomic mass is 32.1. The maximum atomic E-state index is 12.9. The van der Waals surface area contributed by atoms with Crippen molar-refractivity contribution in [1.82, 2.24) is 9.78 Å². The zero-order valence-corrected chi connectivity index (χ0v) is 12.9. The van der Waals surface area contributed by atoms with E-state index in [2.05, 4.69) is 15.4 Å². The highest BCUT2D eigenvalue weighted by molar-refractivity contribution is 7.80. The number of nitrogens with zero attached hydrogens (tertiary/aromatic N) is 3. The Hall–Kier alpha value is -2.86. The molecule has 0 bridgehead atoms. The molecule has 2 aromatic carbocycles. The molecular weight excluding hydrogens is 311 g/mol. The number of hydrogen-bond acceptors (Lipinski definition) is 2. The molecule has 23 heavy (non-hydrogen) atoms. The van der Waals surface area contributed by atoms with Gasteiger partial charge in [0.2, 0.25) is 0 Å². The van der Waals surface area contributed by atoms with Crippen LogP contribution in [0.1, 0.15) is 0 Å². The molecule has 0 aliphatic heterocycles. The second kappa shape index (κ2) is 6.93. The second-order valence-corrected chi connectivity index (χ2v) is 5.10. The van der Waals surface area contributed by atoms with Crippen molar-refractivity contribution in [2.45, 2.75) is 0 Å². The van der Waals surface area contributed by atoms with Crippen LogP contribution in [0.3, 0.4) is 0 Å². The van der Waals surface area contributed by atoms with E-state index in [4.69, 9.17) is 12.2 Å². The first kappa shape index (κ1) is 15.1. The zero-order chi connectivity index (χ0) is 16.1. The van der Waals surface area contributed by atoms with E-state index >= 15 is 0 Å². The van der Waals surface area contributed by atoms with Crippen LogP contribution in [0.5, 0.6) is 0 Å². The van der Waals surface area contributed by atoms with Crippen molar-refractivity contribution in [2.75, 3.05) is 5.32 Å². The first-order valence-corrected chi connectivity index (χ1v) is 7.33.